The van der Waals surface area contributed by atoms with Crippen LogP contribution in [0.4, 0.5) is 8.78 Å². The van der Waals surface area contributed by atoms with E-state index in [0.29, 0.717) is 38.6 Å². The number of carbonyl (C=O) groups excluding carboxylic acids is 3. The maximum Gasteiger partial charge on any atom is 0.240 e. The lowest BCUT2D eigenvalue weighted by Gasteiger charge is -2.32. The fourth-order valence-corrected chi connectivity index (χ4v) is 3.43. The lowest BCUT2D eigenvalue weighted by Crippen LogP contribution is -2.42. The SMILES string of the molecule is O=C1CCC(CCC(=O)N2CCC[C@H](C(=O)c3cc(F)ccc3F)C2)=NN1. The van der Waals surface area contributed by atoms with Gasteiger partial charge in [-0.15, -0.1) is 0 Å². The number of nitrogens with zero attached hydrogens (tertiary/aromatic N) is 2. The molecule has 3 rings (SSSR count). The monoisotopic (exact) mass is 377 g/mol. The van der Waals surface area contributed by atoms with Gasteiger partial charge in [0.1, 0.15) is 11.6 Å². The van der Waals surface area contributed by atoms with Crippen LogP contribution in [-0.4, -0.2) is 41.3 Å². The van der Waals surface area contributed by atoms with Gasteiger partial charge in [0, 0.05) is 37.6 Å². The zero-order valence-corrected chi connectivity index (χ0v) is 14.8. The maximum absolute atomic E-state index is 13.9. The quantitative estimate of drug-likeness (QED) is 0.801. The zero-order valence-electron chi connectivity index (χ0n) is 14.8. The highest BCUT2D eigenvalue weighted by molar-refractivity contribution is 5.99. The van der Waals surface area contributed by atoms with Gasteiger partial charge in [-0.25, -0.2) is 14.2 Å². The Morgan fingerprint density at radius 1 is 1.26 bits per heavy atom. The Kier molecular flexibility index (Phi) is 5.93. The highest BCUT2D eigenvalue weighted by Crippen LogP contribution is 2.23. The van der Waals surface area contributed by atoms with Crippen molar-refractivity contribution in [3.8, 4) is 0 Å². The van der Waals surface area contributed by atoms with Crippen LogP contribution in [0.25, 0.3) is 0 Å². The molecular formula is C19H21F2N3O3. The van der Waals surface area contributed by atoms with E-state index >= 15 is 0 Å². The number of benzene rings is 1. The fourth-order valence-electron chi connectivity index (χ4n) is 3.43. The van der Waals surface area contributed by atoms with Gasteiger partial charge in [-0.05, 0) is 43.9 Å². The third-order valence-electron chi connectivity index (χ3n) is 4.95. The predicted octanol–water partition coefficient (Wildman–Crippen LogP) is 2.43. The van der Waals surface area contributed by atoms with E-state index in [1.165, 1.54) is 0 Å². The zero-order chi connectivity index (χ0) is 19.4. The number of rotatable bonds is 5. The molecule has 2 aliphatic heterocycles. The lowest BCUT2D eigenvalue weighted by atomic mass is 9.89. The van der Waals surface area contributed by atoms with Crippen molar-refractivity contribution in [2.75, 3.05) is 13.1 Å². The van der Waals surface area contributed by atoms with Crippen LogP contribution in [0.15, 0.2) is 23.3 Å². The summed E-state index contributed by atoms with van der Waals surface area (Å²) in [4.78, 5) is 37.7. The summed E-state index contributed by atoms with van der Waals surface area (Å²) in [5.41, 5.74) is 2.91. The molecule has 2 aliphatic rings. The summed E-state index contributed by atoms with van der Waals surface area (Å²) < 4.78 is 27.2. The number of Topliss-reactive ketones (excluding diaryl/α,β-unsaturated/α-hetero) is 1. The number of hydrazone groups is 1. The van der Waals surface area contributed by atoms with Gasteiger partial charge in [0.2, 0.25) is 11.8 Å². The number of carbonyl (C=O) groups is 3. The molecule has 0 unspecified atom stereocenters. The molecule has 1 aromatic carbocycles. The standard InChI is InChI=1S/C19H21F2N3O3/c20-13-3-6-16(21)15(10-13)19(27)12-2-1-9-24(11-12)18(26)8-5-14-4-7-17(25)23-22-14/h3,6,10,12H,1-2,4-5,7-9,11H2,(H,23,25)/t12-/m0/s1. The number of hydrogen-bond acceptors (Lipinski definition) is 4. The van der Waals surface area contributed by atoms with Crippen molar-refractivity contribution in [1.29, 1.82) is 0 Å². The molecule has 6 nitrogen and oxygen atoms in total. The number of hydrogen-bond donors (Lipinski definition) is 1. The lowest BCUT2D eigenvalue weighted by molar-refractivity contribution is -0.132. The molecule has 0 radical (unpaired) electrons. The second-order valence-electron chi connectivity index (χ2n) is 6.88. The van der Waals surface area contributed by atoms with Crippen LogP contribution < -0.4 is 5.43 Å². The van der Waals surface area contributed by atoms with Crippen LogP contribution in [-0.2, 0) is 9.59 Å². The van der Waals surface area contributed by atoms with Gasteiger partial charge in [-0.1, -0.05) is 0 Å². The molecule has 0 aliphatic carbocycles. The molecule has 1 atom stereocenters. The van der Waals surface area contributed by atoms with Crippen molar-refractivity contribution in [2.24, 2.45) is 11.0 Å². The third kappa shape index (κ3) is 4.75. The first kappa shape index (κ1) is 19.1. The van der Waals surface area contributed by atoms with E-state index in [9.17, 15) is 23.2 Å². The van der Waals surface area contributed by atoms with Crippen LogP contribution in [0, 0.1) is 17.6 Å². The van der Waals surface area contributed by atoms with E-state index in [1.54, 1.807) is 4.90 Å². The maximum atomic E-state index is 13.9. The largest absolute Gasteiger partial charge is 0.342 e. The van der Waals surface area contributed by atoms with Gasteiger partial charge >= 0.3 is 0 Å². The van der Waals surface area contributed by atoms with E-state index in [-0.39, 0.29) is 30.3 Å². The summed E-state index contributed by atoms with van der Waals surface area (Å²) in [5.74, 6) is -2.65. The van der Waals surface area contributed by atoms with Crippen molar-refractivity contribution in [1.82, 2.24) is 10.3 Å². The summed E-state index contributed by atoms with van der Waals surface area (Å²) >= 11 is 0. The van der Waals surface area contributed by atoms with Crippen molar-refractivity contribution in [3.63, 3.8) is 0 Å². The van der Waals surface area contributed by atoms with Gasteiger partial charge < -0.3 is 4.90 Å². The number of piperidine rings is 1. The molecule has 8 heteroatoms. The van der Waals surface area contributed by atoms with Crippen molar-refractivity contribution in [3.05, 3.63) is 35.4 Å². The molecule has 1 aromatic rings. The molecule has 0 spiro atoms. The van der Waals surface area contributed by atoms with E-state index in [0.717, 1.165) is 23.9 Å². The summed E-state index contributed by atoms with van der Waals surface area (Å²) in [6.07, 6.45) is 2.77. The van der Waals surface area contributed by atoms with E-state index in [2.05, 4.69) is 10.5 Å². The molecule has 0 bridgehead atoms. The molecule has 2 amide bonds. The van der Waals surface area contributed by atoms with Crippen LogP contribution in [0.5, 0.6) is 0 Å². The van der Waals surface area contributed by atoms with Gasteiger partial charge in [0.05, 0.1) is 5.56 Å². The molecule has 144 valence electrons. The van der Waals surface area contributed by atoms with Crippen LogP contribution in [0.2, 0.25) is 0 Å². The third-order valence-corrected chi connectivity index (χ3v) is 4.95. The van der Waals surface area contributed by atoms with Crippen LogP contribution in [0.1, 0.15) is 48.9 Å². The minimum atomic E-state index is -0.748. The van der Waals surface area contributed by atoms with Crippen molar-refractivity contribution in [2.45, 2.75) is 38.5 Å². The number of amides is 2. The Morgan fingerprint density at radius 3 is 2.81 bits per heavy atom. The molecule has 1 fully saturated rings. The summed E-state index contributed by atoms with van der Waals surface area (Å²) in [5, 5.41) is 3.94. The molecular weight excluding hydrogens is 356 g/mol. The van der Waals surface area contributed by atoms with Crippen molar-refractivity contribution >= 4 is 23.3 Å². The Hall–Kier alpha value is -2.64. The average Bonchev–Trinajstić information content (AvgIpc) is 2.68. The molecule has 2 heterocycles. The Bertz CT molecular complexity index is 794. The highest BCUT2D eigenvalue weighted by Gasteiger charge is 2.30. The van der Waals surface area contributed by atoms with Crippen LogP contribution >= 0.6 is 0 Å². The minimum absolute atomic E-state index is 0.105. The molecule has 27 heavy (non-hydrogen) atoms. The summed E-state index contributed by atoms with van der Waals surface area (Å²) in [7, 11) is 0. The van der Waals surface area contributed by atoms with Gasteiger partial charge in [-0.3, -0.25) is 14.4 Å². The van der Waals surface area contributed by atoms with Gasteiger partial charge in [0.25, 0.3) is 0 Å². The number of ketones is 1. The minimum Gasteiger partial charge on any atom is -0.342 e. The molecule has 1 N–H and O–H groups in total. The average molecular weight is 377 g/mol. The Labute approximate surface area is 155 Å². The predicted molar refractivity (Wildman–Crippen MR) is 94.0 cm³/mol. The Morgan fingerprint density at radius 2 is 2.07 bits per heavy atom. The summed E-state index contributed by atoms with van der Waals surface area (Å²) in [6, 6.07) is 2.82. The second kappa shape index (κ2) is 8.37. The smallest absolute Gasteiger partial charge is 0.240 e. The van der Waals surface area contributed by atoms with E-state index in [1.807, 2.05) is 0 Å². The molecule has 1 saturated heterocycles. The van der Waals surface area contributed by atoms with Crippen molar-refractivity contribution < 1.29 is 23.2 Å². The van der Waals surface area contributed by atoms with Gasteiger partial charge in [0.15, 0.2) is 5.78 Å². The number of halogens is 2. The first-order chi connectivity index (χ1) is 12.9. The second-order valence-corrected chi connectivity index (χ2v) is 6.88. The van der Waals surface area contributed by atoms with Crippen LogP contribution in [0.3, 0.4) is 0 Å². The first-order valence-electron chi connectivity index (χ1n) is 9.05. The summed E-state index contributed by atoms with van der Waals surface area (Å²) in [6.45, 7) is 0.744. The van der Waals surface area contributed by atoms with E-state index < -0.39 is 23.3 Å². The van der Waals surface area contributed by atoms with Gasteiger partial charge in [-0.2, -0.15) is 5.10 Å². The normalized spacial score (nSPS) is 20.1. The molecule has 0 saturated carbocycles. The number of likely N-dealkylation sites (tertiary alicyclic amines) is 1. The first-order valence-corrected chi connectivity index (χ1v) is 9.05. The fraction of sp³-hybridized carbons (Fsp3) is 0.474. The van der Waals surface area contributed by atoms with E-state index in [4.69, 9.17) is 0 Å². The Balaban J connectivity index is 1.58. The highest BCUT2D eigenvalue weighted by atomic mass is 19.1. The topological polar surface area (TPSA) is 78.8 Å². The molecule has 0 aromatic heterocycles. The number of nitrogens with one attached hydrogen (secondary N) is 1.